The highest BCUT2D eigenvalue weighted by molar-refractivity contribution is 5.84. The average molecular weight is 267 g/mol. The topological polar surface area (TPSA) is 61.8 Å². The van der Waals surface area contributed by atoms with Gasteiger partial charge in [0.25, 0.3) is 0 Å². The molecular weight excluding hydrogens is 250 g/mol. The quantitative estimate of drug-likeness (QED) is 0.749. The van der Waals surface area contributed by atoms with Gasteiger partial charge in [-0.15, -0.1) is 0 Å². The van der Waals surface area contributed by atoms with Crippen LogP contribution in [0.25, 0.3) is 22.4 Å². The number of aliphatic hydroxyl groups is 1. The van der Waals surface area contributed by atoms with Crippen LogP contribution in [-0.2, 0) is 5.60 Å². The molecule has 3 aromatic rings. The molecule has 0 radical (unpaired) electrons. The van der Waals surface area contributed by atoms with Crippen LogP contribution in [-0.4, -0.2) is 20.1 Å². The summed E-state index contributed by atoms with van der Waals surface area (Å²) >= 11 is 0. The number of hydrogen-bond donors (Lipinski definition) is 2. The molecule has 0 fully saturated rings. The number of aryl methyl sites for hydroxylation is 1. The molecule has 0 atom stereocenters. The number of benzene rings is 1. The lowest BCUT2D eigenvalue weighted by atomic mass is 9.96. The lowest BCUT2D eigenvalue weighted by molar-refractivity contribution is 0.0786. The summed E-state index contributed by atoms with van der Waals surface area (Å²) in [4.78, 5) is 11.9. The molecule has 0 saturated heterocycles. The monoisotopic (exact) mass is 267 g/mol. The summed E-state index contributed by atoms with van der Waals surface area (Å²) in [5.41, 5.74) is 4.94. The Morgan fingerprint density at radius 1 is 1.05 bits per heavy atom. The molecule has 1 aromatic carbocycles. The Kier molecular flexibility index (Phi) is 2.83. The zero-order chi connectivity index (χ0) is 14.3. The summed E-state index contributed by atoms with van der Waals surface area (Å²) in [7, 11) is 0. The van der Waals surface area contributed by atoms with Gasteiger partial charge in [-0.2, -0.15) is 0 Å². The molecule has 4 nitrogen and oxygen atoms in total. The minimum absolute atomic E-state index is 0.798. The van der Waals surface area contributed by atoms with Crippen molar-refractivity contribution < 1.29 is 5.11 Å². The normalized spacial score (nSPS) is 12.0. The summed E-state index contributed by atoms with van der Waals surface area (Å²) in [5, 5.41) is 9.99. The number of fused-ring (bicyclic) bond motifs is 1. The molecule has 2 N–H and O–H groups in total. The summed E-state index contributed by atoms with van der Waals surface area (Å²) < 4.78 is 0. The van der Waals surface area contributed by atoms with Crippen LogP contribution in [0.3, 0.4) is 0 Å². The van der Waals surface area contributed by atoms with E-state index in [0.717, 1.165) is 33.5 Å². The second-order valence-electron chi connectivity index (χ2n) is 5.51. The van der Waals surface area contributed by atoms with Crippen molar-refractivity contribution >= 4 is 11.2 Å². The minimum Gasteiger partial charge on any atom is -0.386 e. The predicted octanol–water partition coefficient (Wildman–Crippen LogP) is 3.16. The first kappa shape index (κ1) is 12.8. The van der Waals surface area contributed by atoms with E-state index in [9.17, 15) is 5.11 Å². The Morgan fingerprint density at radius 2 is 1.70 bits per heavy atom. The van der Waals surface area contributed by atoms with Crippen molar-refractivity contribution in [2.24, 2.45) is 0 Å². The SMILES string of the molecule is Cc1c(-c2ccc(C(C)(C)O)cc2)[nH]c2nccnc12. The van der Waals surface area contributed by atoms with Crippen molar-refractivity contribution in [2.75, 3.05) is 0 Å². The molecular formula is C16H17N3O. The van der Waals surface area contributed by atoms with Gasteiger partial charge in [-0.25, -0.2) is 4.98 Å². The molecule has 2 heterocycles. The first-order chi connectivity index (χ1) is 9.47. The van der Waals surface area contributed by atoms with Gasteiger partial charge in [0.1, 0.15) is 5.52 Å². The molecule has 0 amide bonds. The third-order valence-corrected chi connectivity index (χ3v) is 3.55. The Hall–Kier alpha value is -2.20. The van der Waals surface area contributed by atoms with Crippen LogP contribution in [0.5, 0.6) is 0 Å². The molecule has 20 heavy (non-hydrogen) atoms. The van der Waals surface area contributed by atoms with E-state index in [1.54, 1.807) is 26.2 Å². The van der Waals surface area contributed by atoms with Gasteiger partial charge >= 0.3 is 0 Å². The van der Waals surface area contributed by atoms with E-state index in [0.29, 0.717) is 0 Å². The molecule has 0 saturated carbocycles. The van der Waals surface area contributed by atoms with Gasteiger partial charge in [0.05, 0.1) is 11.3 Å². The van der Waals surface area contributed by atoms with E-state index in [-0.39, 0.29) is 0 Å². The maximum Gasteiger partial charge on any atom is 0.156 e. The summed E-state index contributed by atoms with van der Waals surface area (Å²) in [6.45, 7) is 5.60. The number of rotatable bonds is 2. The molecule has 0 aliphatic heterocycles. The van der Waals surface area contributed by atoms with Crippen LogP contribution in [0.1, 0.15) is 25.0 Å². The molecule has 3 rings (SSSR count). The molecule has 0 spiro atoms. The van der Waals surface area contributed by atoms with E-state index in [1.807, 2.05) is 31.2 Å². The summed E-state index contributed by atoms with van der Waals surface area (Å²) in [6, 6.07) is 7.90. The molecule has 4 heteroatoms. The second kappa shape index (κ2) is 4.42. The number of aromatic nitrogens is 3. The maximum absolute atomic E-state index is 9.99. The lowest BCUT2D eigenvalue weighted by Gasteiger charge is -2.17. The standard InChI is InChI=1S/C16H17N3O/c1-10-13(19-15-14(10)17-8-9-18-15)11-4-6-12(7-5-11)16(2,3)20/h4-9,20H,1-3H3,(H,18,19). The highest BCUT2D eigenvalue weighted by Gasteiger charge is 2.16. The maximum atomic E-state index is 9.99. The first-order valence-electron chi connectivity index (χ1n) is 6.59. The van der Waals surface area contributed by atoms with E-state index in [1.165, 1.54) is 0 Å². The Balaban J connectivity index is 2.09. The van der Waals surface area contributed by atoms with Crippen molar-refractivity contribution in [3.8, 4) is 11.3 Å². The number of H-pyrrole nitrogens is 1. The smallest absolute Gasteiger partial charge is 0.156 e. The molecule has 102 valence electrons. The van der Waals surface area contributed by atoms with E-state index in [2.05, 4.69) is 15.0 Å². The molecule has 0 aliphatic rings. The van der Waals surface area contributed by atoms with Crippen molar-refractivity contribution in [2.45, 2.75) is 26.4 Å². The van der Waals surface area contributed by atoms with Crippen LogP contribution >= 0.6 is 0 Å². The van der Waals surface area contributed by atoms with Gasteiger partial charge < -0.3 is 10.1 Å². The van der Waals surface area contributed by atoms with Crippen molar-refractivity contribution in [3.63, 3.8) is 0 Å². The molecule has 0 unspecified atom stereocenters. The highest BCUT2D eigenvalue weighted by Crippen LogP contribution is 2.29. The Labute approximate surface area is 117 Å². The summed E-state index contributed by atoms with van der Waals surface area (Å²) in [5.74, 6) is 0. The Bertz CT molecular complexity index is 751. The van der Waals surface area contributed by atoms with Crippen LogP contribution in [0, 0.1) is 6.92 Å². The average Bonchev–Trinajstić information content (AvgIpc) is 2.76. The van der Waals surface area contributed by atoms with Crippen LogP contribution in [0.15, 0.2) is 36.7 Å². The van der Waals surface area contributed by atoms with Gasteiger partial charge in [-0.3, -0.25) is 4.98 Å². The molecule has 2 aromatic heterocycles. The van der Waals surface area contributed by atoms with Crippen LogP contribution in [0.2, 0.25) is 0 Å². The number of nitrogens with zero attached hydrogens (tertiary/aromatic N) is 2. The van der Waals surface area contributed by atoms with E-state index >= 15 is 0 Å². The second-order valence-corrected chi connectivity index (χ2v) is 5.51. The fraction of sp³-hybridized carbons (Fsp3) is 0.250. The number of aromatic amines is 1. The van der Waals surface area contributed by atoms with Gasteiger partial charge in [-0.05, 0) is 31.9 Å². The summed E-state index contributed by atoms with van der Waals surface area (Å²) in [6.07, 6.45) is 3.38. The molecule has 0 bridgehead atoms. The van der Waals surface area contributed by atoms with Gasteiger partial charge in [0.15, 0.2) is 5.65 Å². The van der Waals surface area contributed by atoms with E-state index < -0.39 is 5.60 Å². The number of hydrogen-bond acceptors (Lipinski definition) is 3. The van der Waals surface area contributed by atoms with Crippen LogP contribution < -0.4 is 0 Å². The molecule has 0 aliphatic carbocycles. The first-order valence-corrected chi connectivity index (χ1v) is 6.59. The largest absolute Gasteiger partial charge is 0.386 e. The Morgan fingerprint density at radius 3 is 2.30 bits per heavy atom. The van der Waals surface area contributed by atoms with Crippen molar-refractivity contribution in [3.05, 3.63) is 47.8 Å². The fourth-order valence-corrected chi connectivity index (χ4v) is 2.37. The third kappa shape index (κ3) is 2.08. The zero-order valence-corrected chi connectivity index (χ0v) is 11.8. The van der Waals surface area contributed by atoms with Gasteiger partial charge in [0.2, 0.25) is 0 Å². The van der Waals surface area contributed by atoms with Gasteiger partial charge in [-0.1, -0.05) is 24.3 Å². The predicted molar refractivity (Wildman–Crippen MR) is 79.3 cm³/mol. The number of nitrogens with one attached hydrogen (secondary N) is 1. The minimum atomic E-state index is -0.822. The van der Waals surface area contributed by atoms with E-state index in [4.69, 9.17) is 0 Å². The third-order valence-electron chi connectivity index (χ3n) is 3.55. The lowest BCUT2D eigenvalue weighted by Crippen LogP contribution is -2.14. The van der Waals surface area contributed by atoms with Crippen LogP contribution in [0.4, 0.5) is 0 Å². The van der Waals surface area contributed by atoms with Crippen molar-refractivity contribution in [1.29, 1.82) is 0 Å². The zero-order valence-electron chi connectivity index (χ0n) is 11.8. The van der Waals surface area contributed by atoms with Crippen molar-refractivity contribution in [1.82, 2.24) is 15.0 Å². The fourth-order valence-electron chi connectivity index (χ4n) is 2.37. The van der Waals surface area contributed by atoms with Gasteiger partial charge in [0, 0.05) is 18.0 Å². The highest BCUT2D eigenvalue weighted by atomic mass is 16.3.